The number of amides is 1. The molecule has 1 amide bonds. The van der Waals surface area contributed by atoms with Gasteiger partial charge in [0.25, 0.3) is 5.91 Å². The number of anilines is 1. The third-order valence-electron chi connectivity index (χ3n) is 6.99. The monoisotopic (exact) mass is 439 g/mol. The van der Waals surface area contributed by atoms with Crippen molar-refractivity contribution in [3.8, 4) is 5.75 Å². The summed E-state index contributed by atoms with van der Waals surface area (Å²) < 4.78 is 0. The molecule has 0 spiro atoms. The first-order valence-corrected chi connectivity index (χ1v) is 11.6. The minimum atomic E-state index is -0.174. The highest BCUT2D eigenvalue weighted by molar-refractivity contribution is 6.04. The van der Waals surface area contributed by atoms with Crippen LogP contribution < -0.4 is 5.32 Å². The molecule has 2 N–H and O–H groups in total. The zero-order valence-electron chi connectivity index (χ0n) is 20.2. The van der Waals surface area contributed by atoms with Crippen molar-refractivity contribution in [1.29, 1.82) is 0 Å². The van der Waals surface area contributed by atoms with Gasteiger partial charge in [-0.3, -0.25) is 4.79 Å². The van der Waals surface area contributed by atoms with Gasteiger partial charge in [-0.25, -0.2) is 0 Å². The molecular formula is C30H33NO2. The van der Waals surface area contributed by atoms with Crippen LogP contribution in [0.1, 0.15) is 78.7 Å². The molecule has 0 saturated heterocycles. The molecule has 1 aliphatic carbocycles. The highest BCUT2D eigenvalue weighted by Gasteiger charge is 2.37. The lowest BCUT2D eigenvalue weighted by Gasteiger charge is -2.42. The van der Waals surface area contributed by atoms with Crippen LogP contribution in [-0.2, 0) is 10.8 Å². The van der Waals surface area contributed by atoms with E-state index in [2.05, 4.69) is 64.2 Å². The Morgan fingerprint density at radius 3 is 2.03 bits per heavy atom. The number of carbonyl (C=O) groups is 1. The maximum Gasteiger partial charge on any atom is 0.255 e. The average molecular weight is 440 g/mol. The maximum absolute atomic E-state index is 12.5. The van der Waals surface area contributed by atoms with Gasteiger partial charge in [0, 0.05) is 11.3 Å². The van der Waals surface area contributed by atoms with Crippen molar-refractivity contribution in [1.82, 2.24) is 0 Å². The molecule has 0 heterocycles. The number of hydrogen-bond acceptors (Lipinski definition) is 2. The Labute approximate surface area is 197 Å². The van der Waals surface area contributed by atoms with Crippen LogP contribution in [0.3, 0.4) is 0 Å². The van der Waals surface area contributed by atoms with E-state index in [0.29, 0.717) is 11.3 Å². The van der Waals surface area contributed by atoms with Crippen molar-refractivity contribution >= 4 is 23.7 Å². The molecule has 0 bridgehead atoms. The molecule has 0 saturated carbocycles. The van der Waals surface area contributed by atoms with Crippen LogP contribution in [0.4, 0.5) is 5.69 Å². The van der Waals surface area contributed by atoms with Crippen molar-refractivity contribution in [2.24, 2.45) is 0 Å². The molecule has 4 rings (SSSR count). The van der Waals surface area contributed by atoms with Crippen molar-refractivity contribution in [2.45, 2.75) is 58.3 Å². The number of benzene rings is 3. The Hall–Kier alpha value is -3.33. The molecule has 170 valence electrons. The molecule has 0 radical (unpaired) electrons. The normalized spacial score (nSPS) is 16.4. The summed E-state index contributed by atoms with van der Waals surface area (Å²) >= 11 is 0. The number of phenolic OH excluding ortho intramolecular Hbond substituents is 1. The lowest BCUT2D eigenvalue weighted by atomic mass is 9.62. The van der Waals surface area contributed by atoms with Gasteiger partial charge in [-0.15, -0.1) is 0 Å². The quantitative estimate of drug-likeness (QED) is 0.327. The second-order valence-corrected chi connectivity index (χ2v) is 10.5. The molecule has 3 aromatic carbocycles. The van der Waals surface area contributed by atoms with Crippen molar-refractivity contribution in [2.75, 3.05) is 5.32 Å². The van der Waals surface area contributed by atoms with E-state index in [9.17, 15) is 9.90 Å². The largest absolute Gasteiger partial charge is 0.508 e. The minimum Gasteiger partial charge on any atom is -0.508 e. The fourth-order valence-corrected chi connectivity index (χ4v) is 4.60. The lowest BCUT2D eigenvalue weighted by Crippen LogP contribution is -2.34. The zero-order chi connectivity index (χ0) is 23.8. The van der Waals surface area contributed by atoms with Gasteiger partial charge in [0.2, 0.25) is 0 Å². The van der Waals surface area contributed by atoms with Gasteiger partial charge in [-0.1, -0.05) is 64.1 Å². The van der Waals surface area contributed by atoms with Gasteiger partial charge < -0.3 is 10.4 Å². The van der Waals surface area contributed by atoms with Crippen LogP contribution in [-0.4, -0.2) is 11.0 Å². The molecule has 0 unspecified atom stereocenters. The predicted molar refractivity (Wildman–Crippen MR) is 138 cm³/mol. The van der Waals surface area contributed by atoms with Gasteiger partial charge in [-0.2, -0.15) is 0 Å². The molecule has 1 aliphatic rings. The molecule has 3 heteroatoms. The number of nitrogens with one attached hydrogen (secondary N) is 1. The minimum absolute atomic E-state index is 0.172. The number of aromatic hydroxyl groups is 1. The van der Waals surface area contributed by atoms with Crippen LogP contribution >= 0.6 is 0 Å². The Morgan fingerprint density at radius 1 is 0.848 bits per heavy atom. The van der Waals surface area contributed by atoms with Gasteiger partial charge >= 0.3 is 0 Å². The van der Waals surface area contributed by atoms with E-state index in [-0.39, 0.29) is 22.5 Å². The third kappa shape index (κ3) is 4.88. The molecule has 33 heavy (non-hydrogen) atoms. The van der Waals surface area contributed by atoms with Gasteiger partial charge in [0.15, 0.2) is 0 Å². The summed E-state index contributed by atoms with van der Waals surface area (Å²) in [5.41, 5.74) is 8.18. The smallest absolute Gasteiger partial charge is 0.255 e. The second-order valence-electron chi connectivity index (χ2n) is 10.5. The van der Waals surface area contributed by atoms with Gasteiger partial charge in [0.1, 0.15) is 5.75 Å². The zero-order valence-corrected chi connectivity index (χ0v) is 20.2. The average Bonchev–Trinajstić information content (AvgIpc) is 2.78. The number of phenols is 1. The first-order chi connectivity index (χ1) is 15.5. The highest BCUT2D eigenvalue weighted by Crippen LogP contribution is 2.46. The van der Waals surface area contributed by atoms with E-state index in [1.54, 1.807) is 24.3 Å². The molecule has 0 aliphatic heterocycles. The lowest BCUT2D eigenvalue weighted by molar-refractivity contribution is 0.102. The number of fused-ring (bicyclic) bond motifs is 1. The molecule has 0 aromatic heterocycles. The second kappa shape index (κ2) is 8.55. The molecule has 0 atom stereocenters. The first-order valence-electron chi connectivity index (χ1n) is 11.6. The number of carbonyl (C=O) groups excluding carboxylic acids is 1. The SMILES string of the molecule is Cc1cc2c(cc1C=Cc1ccc(C(=O)Nc3ccc(O)cc3)cc1)C(C)(C)CCC2(C)C. The molecular weight excluding hydrogens is 406 g/mol. The molecule has 3 nitrogen and oxygen atoms in total. The van der Waals surface area contributed by atoms with E-state index >= 15 is 0 Å². The summed E-state index contributed by atoms with van der Waals surface area (Å²) in [6, 6.07) is 18.8. The standard InChI is InChI=1S/C30H33NO2/c1-20-18-26-27(30(4,5)17-16-29(26,2)3)19-23(20)11-8-21-6-9-22(10-7-21)28(33)31-24-12-14-25(32)15-13-24/h6-15,18-19,32H,16-17H2,1-5H3,(H,31,33). The van der Waals surface area contributed by atoms with E-state index in [1.807, 2.05) is 24.3 Å². The van der Waals surface area contributed by atoms with Crippen LogP contribution in [0, 0.1) is 6.92 Å². The fraction of sp³-hybridized carbons (Fsp3) is 0.300. The topological polar surface area (TPSA) is 49.3 Å². The number of aryl methyl sites for hydroxylation is 1. The third-order valence-corrected chi connectivity index (χ3v) is 6.99. The summed E-state index contributed by atoms with van der Waals surface area (Å²) in [5.74, 6) is -0.00262. The molecule has 3 aromatic rings. The van der Waals surface area contributed by atoms with E-state index in [1.165, 1.54) is 35.1 Å². The Balaban J connectivity index is 1.53. The summed E-state index contributed by atoms with van der Waals surface area (Å²) in [4.78, 5) is 12.5. The van der Waals surface area contributed by atoms with Gasteiger partial charge in [0.05, 0.1) is 0 Å². The van der Waals surface area contributed by atoms with Crippen LogP contribution in [0.15, 0.2) is 60.7 Å². The summed E-state index contributed by atoms with van der Waals surface area (Å²) in [5, 5.41) is 12.2. The Bertz CT molecular complexity index is 1200. The van der Waals surface area contributed by atoms with E-state index in [0.717, 1.165) is 5.56 Å². The van der Waals surface area contributed by atoms with E-state index < -0.39 is 0 Å². The van der Waals surface area contributed by atoms with Crippen LogP contribution in [0.5, 0.6) is 5.75 Å². The van der Waals surface area contributed by atoms with Crippen LogP contribution in [0.25, 0.3) is 12.2 Å². The van der Waals surface area contributed by atoms with Crippen molar-refractivity contribution in [3.63, 3.8) is 0 Å². The van der Waals surface area contributed by atoms with Gasteiger partial charge in [-0.05, 0) is 94.8 Å². The Kier molecular flexibility index (Phi) is 5.92. The van der Waals surface area contributed by atoms with Crippen LogP contribution in [0.2, 0.25) is 0 Å². The Morgan fingerprint density at radius 2 is 1.42 bits per heavy atom. The molecule has 0 fully saturated rings. The fourth-order valence-electron chi connectivity index (χ4n) is 4.60. The number of hydrogen-bond donors (Lipinski definition) is 2. The summed E-state index contributed by atoms with van der Waals surface area (Å²) in [7, 11) is 0. The van der Waals surface area contributed by atoms with Crippen molar-refractivity contribution < 1.29 is 9.90 Å². The predicted octanol–water partition coefficient (Wildman–Crippen LogP) is 7.47. The van der Waals surface area contributed by atoms with Crippen molar-refractivity contribution in [3.05, 3.63) is 94.0 Å². The first kappa shape index (κ1) is 22.8. The van der Waals surface area contributed by atoms with E-state index in [4.69, 9.17) is 0 Å². The number of rotatable bonds is 4. The maximum atomic E-state index is 12.5. The highest BCUT2D eigenvalue weighted by atomic mass is 16.3. The summed E-state index contributed by atoms with van der Waals surface area (Å²) in [6.07, 6.45) is 6.71. The summed E-state index contributed by atoms with van der Waals surface area (Å²) in [6.45, 7) is 11.6.